The first-order chi connectivity index (χ1) is 13.8. The first kappa shape index (κ1) is 18.2. The van der Waals surface area contributed by atoms with E-state index in [4.69, 9.17) is 0 Å². The molecular formula is C23H24N4O. The van der Waals surface area contributed by atoms with Gasteiger partial charge in [-0.15, -0.1) is 0 Å². The third-order valence-corrected chi connectivity index (χ3v) is 5.09. The molecule has 0 radical (unpaired) electrons. The van der Waals surface area contributed by atoms with Crippen LogP contribution in [0.5, 0.6) is 0 Å². The summed E-state index contributed by atoms with van der Waals surface area (Å²) in [6, 6.07) is 20.6. The van der Waals surface area contributed by atoms with Gasteiger partial charge in [-0.1, -0.05) is 61.4 Å². The van der Waals surface area contributed by atoms with Gasteiger partial charge in [0.2, 0.25) is 0 Å². The van der Waals surface area contributed by atoms with Crippen LogP contribution in [0.25, 0.3) is 0 Å². The molecule has 1 aromatic heterocycles. The lowest BCUT2D eigenvalue weighted by molar-refractivity contribution is 0.0932. The average Bonchev–Trinajstić information content (AvgIpc) is 3.26. The zero-order chi connectivity index (χ0) is 19.2. The summed E-state index contributed by atoms with van der Waals surface area (Å²) in [5, 5.41) is 3.06. The van der Waals surface area contributed by atoms with E-state index in [1.807, 2.05) is 48.5 Å². The summed E-state index contributed by atoms with van der Waals surface area (Å²) in [4.78, 5) is 23.5. The minimum atomic E-state index is -0.139. The number of hydrogen-bond donors (Lipinski definition) is 1. The van der Waals surface area contributed by atoms with Gasteiger partial charge in [0.1, 0.15) is 5.69 Å². The highest BCUT2D eigenvalue weighted by Gasteiger charge is 2.19. The Morgan fingerprint density at radius 1 is 0.929 bits per heavy atom. The van der Waals surface area contributed by atoms with Gasteiger partial charge in [-0.25, -0.2) is 9.97 Å². The highest BCUT2D eigenvalue weighted by atomic mass is 16.1. The molecule has 0 atom stereocenters. The van der Waals surface area contributed by atoms with E-state index in [1.54, 1.807) is 12.4 Å². The maximum absolute atomic E-state index is 12.4. The number of anilines is 2. The Morgan fingerprint density at radius 3 is 2.25 bits per heavy atom. The summed E-state index contributed by atoms with van der Waals surface area (Å²) in [5.74, 6) is 0.577. The van der Waals surface area contributed by atoms with Crippen LogP contribution in [0.4, 0.5) is 11.5 Å². The molecule has 0 unspecified atom stereocenters. The number of benzene rings is 2. The van der Waals surface area contributed by atoms with Crippen molar-refractivity contribution in [2.75, 3.05) is 4.90 Å². The number of carbonyl (C=O) groups excluding carboxylic acids is 1. The van der Waals surface area contributed by atoms with Crippen LogP contribution in [-0.4, -0.2) is 21.9 Å². The van der Waals surface area contributed by atoms with Crippen molar-refractivity contribution >= 4 is 17.4 Å². The van der Waals surface area contributed by atoms with Crippen molar-refractivity contribution < 1.29 is 4.79 Å². The van der Waals surface area contributed by atoms with E-state index in [2.05, 4.69) is 32.3 Å². The number of nitrogens with one attached hydrogen (secondary N) is 1. The molecule has 0 spiro atoms. The molecular weight excluding hydrogens is 348 g/mol. The molecule has 0 saturated heterocycles. The Labute approximate surface area is 165 Å². The zero-order valence-electron chi connectivity index (χ0n) is 15.8. The van der Waals surface area contributed by atoms with Crippen molar-refractivity contribution in [3.05, 3.63) is 84.3 Å². The maximum atomic E-state index is 12.4. The van der Waals surface area contributed by atoms with Gasteiger partial charge < -0.3 is 10.2 Å². The topological polar surface area (TPSA) is 58.1 Å². The van der Waals surface area contributed by atoms with Gasteiger partial charge in [0, 0.05) is 18.3 Å². The van der Waals surface area contributed by atoms with Gasteiger partial charge in [-0.05, 0) is 30.5 Å². The lowest BCUT2D eigenvalue weighted by atomic mass is 10.2. The summed E-state index contributed by atoms with van der Waals surface area (Å²) >= 11 is 0. The van der Waals surface area contributed by atoms with Gasteiger partial charge >= 0.3 is 0 Å². The molecule has 142 valence electrons. The second-order valence-electron chi connectivity index (χ2n) is 7.12. The summed E-state index contributed by atoms with van der Waals surface area (Å²) in [6.45, 7) is 0.674. The van der Waals surface area contributed by atoms with E-state index < -0.39 is 0 Å². The number of aromatic nitrogens is 2. The van der Waals surface area contributed by atoms with E-state index in [0.29, 0.717) is 18.1 Å². The number of amides is 1. The largest absolute Gasteiger partial charge is 0.348 e. The molecule has 1 amide bonds. The van der Waals surface area contributed by atoms with Crippen molar-refractivity contribution in [1.29, 1.82) is 0 Å². The standard InChI is InChI=1S/C23H24N4O/c28-23(26-19-11-7-8-12-19)21-15-25-22(16-24-21)27(20-13-5-2-6-14-20)17-18-9-3-1-4-10-18/h1-6,9-10,13-16,19H,7-8,11-12,17H2,(H,26,28). The molecule has 0 aliphatic heterocycles. The predicted octanol–water partition coefficient (Wildman–Crippen LogP) is 4.49. The predicted molar refractivity (Wildman–Crippen MR) is 110 cm³/mol. The highest BCUT2D eigenvalue weighted by Crippen LogP contribution is 2.25. The Kier molecular flexibility index (Phi) is 5.61. The number of nitrogens with zero attached hydrogens (tertiary/aromatic N) is 3. The van der Waals surface area contributed by atoms with E-state index in [9.17, 15) is 4.79 Å². The SMILES string of the molecule is O=C(NC1CCCC1)c1cnc(N(Cc2ccccc2)c2ccccc2)cn1. The normalized spacial score (nSPS) is 14.0. The van der Waals surface area contributed by atoms with Gasteiger partial charge in [-0.2, -0.15) is 0 Å². The van der Waals surface area contributed by atoms with E-state index in [0.717, 1.165) is 18.5 Å². The van der Waals surface area contributed by atoms with Crippen LogP contribution in [0.1, 0.15) is 41.7 Å². The third-order valence-electron chi connectivity index (χ3n) is 5.09. The van der Waals surface area contributed by atoms with Crippen molar-refractivity contribution in [1.82, 2.24) is 15.3 Å². The Morgan fingerprint density at radius 2 is 1.61 bits per heavy atom. The summed E-state index contributed by atoms with van der Waals surface area (Å²) in [7, 11) is 0. The molecule has 1 aliphatic rings. The number of para-hydroxylation sites is 1. The molecule has 1 fully saturated rings. The molecule has 4 rings (SSSR count). The van der Waals surface area contributed by atoms with E-state index in [-0.39, 0.29) is 11.9 Å². The monoisotopic (exact) mass is 372 g/mol. The van der Waals surface area contributed by atoms with Crippen LogP contribution in [0.2, 0.25) is 0 Å². The quantitative estimate of drug-likeness (QED) is 0.693. The molecule has 3 aromatic rings. The lowest BCUT2D eigenvalue weighted by Crippen LogP contribution is -2.33. The van der Waals surface area contributed by atoms with Gasteiger partial charge in [0.15, 0.2) is 5.82 Å². The fraction of sp³-hybridized carbons (Fsp3) is 0.261. The second kappa shape index (κ2) is 8.65. The number of hydrogen-bond acceptors (Lipinski definition) is 4. The van der Waals surface area contributed by atoms with Crippen LogP contribution in [-0.2, 0) is 6.54 Å². The van der Waals surface area contributed by atoms with Crippen LogP contribution < -0.4 is 10.2 Å². The molecule has 5 nitrogen and oxygen atoms in total. The molecule has 1 heterocycles. The summed E-state index contributed by atoms with van der Waals surface area (Å²) in [5.41, 5.74) is 2.57. The molecule has 0 bridgehead atoms. The van der Waals surface area contributed by atoms with Crippen LogP contribution in [0.15, 0.2) is 73.1 Å². The van der Waals surface area contributed by atoms with Crippen molar-refractivity contribution in [2.45, 2.75) is 38.3 Å². The minimum absolute atomic E-state index is 0.139. The van der Waals surface area contributed by atoms with Gasteiger partial charge in [-0.3, -0.25) is 4.79 Å². The Bertz CT molecular complexity index is 891. The van der Waals surface area contributed by atoms with E-state index >= 15 is 0 Å². The lowest BCUT2D eigenvalue weighted by Gasteiger charge is -2.24. The summed E-state index contributed by atoms with van der Waals surface area (Å²) < 4.78 is 0. The van der Waals surface area contributed by atoms with Crippen molar-refractivity contribution in [3.8, 4) is 0 Å². The molecule has 1 aliphatic carbocycles. The summed E-state index contributed by atoms with van der Waals surface area (Å²) in [6.07, 6.45) is 7.72. The molecule has 1 N–H and O–H groups in total. The number of carbonyl (C=O) groups is 1. The van der Waals surface area contributed by atoms with Crippen LogP contribution >= 0.6 is 0 Å². The third kappa shape index (κ3) is 4.36. The molecule has 28 heavy (non-hydrogen) atoms. The second-order valence-corrected chi connectivity index (χ2v) is 7.12. The van der Waals surface area contributed by atoms with Crippen LogP contribution in [0, 0.1) is 0 Å². The van der Waals surface area contributed by atoms with Crippen LogP contribution in [0.3, 0.4) is 0 Å². The maximum Gasteiger partial charge on any atom is 0.271 e. The van der Waals surface area contributed by atoms with Gasteiger partial charge in [0.25, 0.3) is 5.91 Å². The fourth-order valence-corrected chi connectivity index (χ4v) is 3.59. The fourth-order valence-electron chi connectivity index (χ4n) is 3.59. The Balaban J connectivity index is 1.55. The minimum Gasteiger partial charge on any atom is -0.348 e. The Hall–Kier alpha value is -3.21. The average molecular weight is 372 g/mol. The molecule has 5 heteroatoms. The number of rotatable bonds is 6. The first-order valence-electron chi connectivity index (χ1n) is 9.79. The molecule has 2 aromatic carbocycles. The van der Waals surface area contributed by atoms with Crippen molar-refractivity contribution in [3.63, 3.8) is 0 Å². The highest BCUT2D eigenvalue weighted by molar-refractivity contribution is 5.92. The zero-order valence-corrected chi connectivity index (χ0v) is 15.8. The van der Waals surface area contributed by atoms with Crippen molar-refractivity contribution in [2.24, 2.45) is 0 Å². The first-order valence-corrected chi connectivity index (χ1v) is 9.79. The molecule has 1 saturated carbocycles. The van der Waals surface area contributed by atoms with E-state index in [1.165, 1.54) is 18.4 Å². The smallest absolute Gasteiger partial charge is 0.271 e. The van der Waals surface area contributed by atoms with Gasteiger partial charge in [0.05, 0.1) is 12.4 Å².